The number of carbonyl (C=O) groups is 2. The van der Waals surface area contributed by atoms with Crippen molar-refractivity contribution in [2.24, 2.45) is 5.10 Å². The van der Waals surface area contributed by atoms with Crippen LogP contribution in [0.3, 0.4) is 0 Å². The van der Waals surface area contributed by atoms with Crippen molar-refractivity contribution >= 4 is 50.5 Å². The van der Waals surface area contributed by atoms with Gasteiger partial charge in [-0.05, 0) is 55.0 Å². The summed E-state index contributed by atoms with van der Waals surface area (Å²) >= 11 is 5.97. The largest absolute Gasteiger partial charge is 0.416 e. The van der Waals surface area contributed by atoms with Gasteiger partial charge in [0.25, 0.3) is 11.8 Å². The smallest absolute Gasteiger partial charge is 0.322 e. The number of alkyl halides is 3. The first-order valence-corrected chi connectivity index (χ1v) is 13.1. The summed E-state index contributed by atoms with van der Waals surface area (Å²) in [5, 5.41) is 6.42. The van der Waals surface area contributed by atoms with Crippen LogP contribution in [0.4, 0.5) is 24.5 Å². The molecule has 13 heteroatoms. The van der Waals surface area contributed by atoms with Gasteiger partial charge in [0.05, 0.1) is 28.2 Å². The first-order valence-electron chi connectivity index (χ1n) is 10.9. The van der Waals surface area contributed by atoms with Gasteiger partial charge in [-0.3, -0.25) is 13.9 Å². The normalized spacial score (nSPS) is 12.1. The van der Waals surface area contributed by atoms with Gasteiger partial charge in [-0.1, -0.05) is 41.9 Å². The van der Waals surface area contributed by atoms with Crippen LogP contribution in [0.25, 0.3) is 0 Å². The minimum atomic E-state index is -4.75. The number of nitrogens with zero attached hydrogens (tertiary/aromatic N) is 2. The summed E-state index contributed by atoms with van der Waals surface area (Å²) in [5.74, 6) is -1.24. The van der Waals surface area contributed by atoms with Crippen molar-refractivity contribution in [3.63, 3.8) is 0 Å². The Bertz CT molecular complexity index is 1480. The molecule has 2 amide bonds. The SMILES string of the molecule is C/C(=N/NC(=O)CN(c1cc(C(F)(F)F)ccc1Cl)S(C)(=O)=O)c1cccc(NC(=O)c2ccccc2)c1. The minimum Gasteiger partial charge on any atom is -0.322 e. The Morgan fingerprint density at radius 2 is 1.63 bits per heavy atom. The predicted octanol–water partition coefficient (Wildman–Crippen LogP) is 4.92. The number of amides is 2. The van der Waals surface area contributed by atoms with Gasteiger partial charge < -0.3 is 5.32 Å². The highest BCUT2D eigenvalue weighted by Gasteiger charge is 2.33. The average molecular weight is 567 g/mol. The van der Waals surface area contributed by atoms with Crippen LogP contribution in [0.5, 0.6) is 0 Å². The van der Waals surface area contributed by atoms with E-state index in [0.29, 0.717) is 39.0 Å². The maximum atomic E-state index is 13.1. The second-order valence-electron chi connectivity index (χ2n) is 8.07. The number of sulfonamides is 1. The molecule has 3 rings (SSSR count). The number of nitrogens with one attached hydrogen (secondary N) is 2. The number of carbonyl (C=O) groups excluding carboxylic acids is 2. The molecule has 0 aliphatic heterocycles. The Hall–Kier alpha value is -3.90. The van der Waals surface area contributed by atoms with Gasteiger partial charge in [-0.25, -0.2) is 13.8 Å². The Morgan fingerprint density at radius 1 is 0.974 bits per heavy atom. The molecule has 2 N–H and O–H groups in total. The Labute approximate surface area is 222 Å². The number of hydrazone groups is 1. The van der Waals surface area contributed by atoms with Crippen LogP contribution in [0.1, 0.15) is 28.4 Å². The lowest BCUT2D eigenvalue weighted by Gasteiger charge is -2.23. The monoisotopic (exact) mass is 566 g/mol. The van der Waals surface area contributed by atoms with Crippen LogP contribution in [-0.2, 0) is 21.0 Å². The minimum absolute atomic E-state index is 0.287. The molecular weight excluding hydrogens is 545 g/mol. The molecule has 0 saturated carbocycles. The van der Waals surface area contributed by atoms with Gasteiger partial charge in [0.2, 0.25) is 10.0 Å². The van der Waals surface area contributed by atoms with Crippen molar-refractivity contribution in [2.45, 2.75) is 13.1 Å². The summed E-state index contributed by atoms with van der Waals surface area (Å²) in [4.78, 5) is 24.9. The number of benzene rings is 3. The van der Waals surface area contributed by atoms with Gasteiger partial charge in [-0.15, -0.1) is 0 Å². The first-order chi connectivity index (χ1) is 17.8. The summed E-state index contributed by atoms with van der Waals surface area (Å²) in [6.45, 7) is 0.695. The van der Waals surface area contributed by atoms with E-state index in [0.717, 1.165) is 12.3 Å². The third-order valence-electron chi connectivity index (χ3n) is 5.15. The molecule has 0 spiro atoms. The molecule has 0 unspecified atom stereocenters. The molecule has 0 heterocycles. The van der Waals surface area contributed by atoms with Crippen molar-refractivity contribution in [3.05, 3.63) is 94.5 Å². The molecule has 8 nitrogen and oxygen atoms in total. The Morgan fingerprint density at radius 3 is 2.26 bits per heavy atom. The molecule has 38 heavy (non-hydrogen) atoms. The van der Waals surface area contributed by atoms with Gasteiger partial charge in [0, 0.05) is 11.3 Å². The molecule has 0 radical (unpaired) electrons. The number of anilines is 2. The van der Waals surface area contributed by atoms with E-state index in [4.69, 9.17) is 11.6 Å². The van der Waals surface area contributed by atoms with E-state index in [1.807, 2.05) is 0 Å². The lowest BCUT2D eigenvalue weighted by molar-refractivity contribution is -0.137. The highest BCUT2D eigenvalue weighted by Crippen LogP contribution is 2.36. The first kappa shape index (κ1) is 28.7. The maximum Gasteiger partial charge on any atom is 0.416 e. The molecule has 0 atom stereocenters. The van der Waals surface area contributed by atoms with E-state index in [-0.39, 0.29) is 10.9 Å². The summed E-state index contributed by atoms with van der Waals surface area (Å²) in [5.41, 5.74) is 2.36. The lowest BCUT2D eigenvalue weighted by atomic mass is 10.1. The molecule has 0 aliphatic rings. The molecule has 0 bridgehead atoms. The number of hydrogen-bond donors (Lipinski definition) is 2. The Balaban J connectivity index is 1.75. The second kappa shape index (κ2) is 11.7. The molecule has 3 aromatic rings. The maximum absolute atomic E-state index is 13.1. The fourth-order valence-corrected chi connectivity index (χ4v) is 4.38. The summed E-state index contributed by atoms with van der Waals surface area (Å²) in [6.07, 6.45) is -4.01. The number of halogens is 4. The molecule has 0 fully saturated rings. The van der Waals surface area contributed by atoms with Gasteiger partial charge in [-0.2, -0.15) is 18.3 Å². The number of hydrogen-bond acceptors (Lipinski definition) is 5. The number of rotatable bonds is 8. The van der Waals surface area contributed by atoms with Crippen molar-refractivity contribution in [1.82, 2.24) is 5.43 Å². The van der Waals surface area contributed by atoms with Crippen LogP contribution < -0.4 is 15.0 Å². The second-order valence-corrected chi connectivity index (χ2v) is 10.4. The molecule has 0 saturated heterocycles. The summed E-state index contributed by atoms with van der Waals surface area (Å²) in [7, 11) is -4.20. The molecule has 0 aromatic heterocycles. The summed E-state index contributed by atoms with van der Waals surface area (Å²) in [6, 6.07) is 17.4. The van der Waals surface area contributed by atoms with Crippen LogP contribution >= 0.6 is 11.6 Å². The predicted molar refractivity (Wildman–Crippen MR) is 140 cm³/mol. The zero-order chi connectivity index (χ0) is 28.1. The van der Waals surface area contributed by atoms with Gasteiger partial charge in [0.1, 0.15) is 6.54 Å². The summed E-state index contributed by atoms with van der Waals surface area (Å²) < 4.78 is 64.5. The lowest BCUT2D eigenvalue weighted by Crippen LogP contribution is -2.39. The van der Waals surface area contributed by atoms with Crippen LogP contribution in [0.2, 0.25) is 5.02 Å². The zero-order valence-corrected chi connectivity index (χ0v) is 21.7. The van der Waals surface area contributed by atoms with E-state index in [1.165, 1.54) is 0 Å². The van der Waals surface area contributed by atoms with E-state index in [9.17, 15) is 31.2 Å². The molecule has 0 aliphatic carbocycles. The standard InChI is InChI=1S/C25H22ClF3N4O4S/c1-16(18-9-6-10-20(13-18)30-24(35)17-7-4-3-5-8-17)31-32-23(34)15-33(38(2,36)37)22-14-19(25(27,28)29)11-12-21(22)26/h3-14H,15H2,1-2H3,(H,30,35)(H,32,34)/b31-16-. The van der Waals surface area contributed by atoms with Crippen LogP contribution in [0, 0.1) is 0 Å². The van der Waals surface area contributed by atoms with E-state index >= 15 is 0 Å². The van der Waals surface area contributed by atoms with E-state index in [1.54, 1.807) is 61.5 Å². The highest BCUT2D eigenvalue weighted by atomic mass is 35.5. The molecule has 3 aromatic carbocycles. The van der Waals surface area contributed by atoms with Crippen LogP contribution in [0.15, 0.2) is 77.9 Å². The van der Waals surface area contributed by atoms with Crippen LogP contribution in [-0.4, -0.2) is 38.7 Å². The van der Waals surface area contributed by atoms with Gasteiger partial charge >= 0.3 is 6.18 Å². The third-order valence-corrected chi connectivity index (χ3v) is 6.60. The quantitative estimate of drug-likeness (QED) is 0.298. The topological polar surface area (TPSA) is 108 Å². The highest BCUT2D eigenvalue weighted by molar-refractivity contribution is 7.92. The molecular formula is C25H22ClF3N4O4S. The zero-order valence-electron chi connectivity index (χ0n) is 20.1. The van der Waals surface area contributed by atoms with Crippen molar-refractivity contribution in [2.75, 3.05) is 22.4 Å². The van der Waals surface area contributed by atoms with Crippen molar-refractivity contribution in [1.29, 1.82) is 0 Å². The van der Waals surface area contributed by atoms with Crippen molar-refractivity contribution in [3.8, 4) is 0 Å². The van der Waals surface area contributed by atoms with Gasteiger partial charge in [0.15, 0.2) is 0 Å². The fourth-order valence-electron chi connectivity index (χ4n) is 3.25. The van der Waals surface area contributed by atoms with E-state index in [2.05, 4.69) is 15.8 Å². The van der Waals surface area contributed by atoms with Crippen molar-refractivity contribution < 1.29 is 31.2 Å². The Kier molecular flexibility index (Phi) is 8.79. The average Bonchev–Trinajstić information content (AvgIpc) is 2.85. The molecule has 200 valence electrons. The third kappa shape index (κ3) is 7.56. The van der Waals surface area contributed by atoms with E-state index < -0.39 is 39.9 Å². The fraction of sp³-hybridized carbons (Fsp3) is 0.160.